The largest absolute Gasteiger partial charge is 0.497 e. The van der Waals surface area contributed by atoms with Gasteiger partial charge in [-0.15, -0.1) is 0 Å². The first-order valence-electron chi connectivity index (χ1n) is 7.93. The maximum absolute atomic E-state index is 12.5. The molecule has 2 aromatic rings. The van der Waals surface area contributed by atoms with Crippen molar-refractivity contribution in [1.82, 2.24) is 4.31 Å². The van der Waals surface area contributed by atoms with Crippen LogP contribution in [0.4, 0.5) is 5.69 Å². The number of nitrogens with zero attached hydrogens (tertiary/aromatic N) is 1. The summed E-state index contributed by atoms with van der Waals surface area (Å²) in [6.45, 7) is 0.676. The molecule has 2 aromatic carbocycles. The standard InChI is InChI=1S/C17H20N2O5S2/c1-24-16-5-7-17(8-6-16)26(22,23)18-15-4-3-13-9-10-19(25(2,20)21)12-14(13)11-15/h3-8,11,18H,9-10,12H2,1-2H3. The Labute approximate surface area is 153 Å². The molecule has 0 saturated carbocycles. The Balaban J connectivity index is 1.84. The summed E-state index contributed by atoms with van der Waals surface area (Å²) in [7, 11) is -5.52. The van der Waals surface area contributed by atoms with E-state index in [0.717, 1.165) is 11.1 Å². The van der Waals surface area contributed by atoms with E-state index < -0.39 is 20.0 Å². The topological polar surface area (TPSA) is 92.8 Å². The van der Waals surface area contributed by atoms with Crippen LogP contribution in [-0.4, -0.2) is 41.1 Å². The van der Waals surface area contributed by atoms with E-state index in [1.165, 1.54) is 29.8 Å². The van der Waals surface area contributed by atoms with Crippen molar-refractivity contribution < 1.29 is 21.6 Å². The molecule has 0 bridgehead atoms. The normalized spacial score (nSPS) is 15.3. The van der Waals surface area contributed by atoms with Gasteiger partial charge in [-0.25, -0.2) is 16.8 Å². The number of anilines is 1. The number of methoxy groups -OCH3 is 1. The van der Waals surface area contributed by atoms with Crippen LogP contribution in [0.5, 0.6) is 5.75 Å². The molecule has 1 heterocycles. The number of benzene rings is 2. The summed E-state index contributed by atoms with van der Waals surface area (Å²) in [5.41, 5.74) is 2.23. The van der Waals surface area contributed by atoms with Gasteiger partial charge in [0, 0.05) is 18.8 Å². The van der Waals surface area contributed by atoms with E-state index in [1.54, 1.807) is 24.3 Å². The van der Waals surface area contributed by atoms with Crippen molar-refractivity contribution in [3.8, 4) is 5.75 Å². The number of nitrogens with one attached hydrogen (secondary N) is 1. The molecule has 3 rings (SSSR count). The van der Waals surface area contributed by atoms with E-state index in [4.69, 9.17) is 4.74 Å². The van der Waals surface area contributed by atoms with Crippen molar-refractivity contribution in [3.05, 3.63) is 53.6 Å². The lowest BCUT2D eigenvalue weighted by Crippen LogP contribution is -2.35. The average molecular weight is 396 g/mol. The molecule has 1 aliphatic heterocycles. The minimum absolute atomic E-state index is 0.119. The Kier molecular flexibility index (Phi) is 4.96. The maximum atomic E-state index is 12.5. The van der Waals surface area contributed by atoms with Crippen LogP contribution >= 0.6 is 0 Å². The molecule has 0 radical (unpaired) electrons. The van der Waals surface area contributed by atoms with Crippen LogP contribution in [0.2, 0.25) is 0 Å². The highest BCUT2D eigenvalue weighted by atomic mass is 32.2. The number of hydrogen-bond donors (Lipinski definition) is 1. The molecule has 7 nitrogen and oxygen atoms in total. The summed E-state index contributed by atoms with van der Waals surface area (Å²) in [5.74, 6) is 0.568. The number of rotatable bonds is 5. The fourth-order valence-corrected chi connectivity index (χ4v) is 4.69. The van der Waals surface area contributed by atoms with Gasteiger partial charge in [0.25, 0.3) is 10.0 Å². The summed E-state index contributed by atoms with van der Waals surface area (Å²) in [5, 5.41) is 0. The Bertz CT molecular complexity index is 1020. The van der Waals surface area contributed by atoms with E-state index in [0.29, 0.717) is 24.4 Å². The molecule has 1 aliphatic rings. The molecular weight excluding hydrogens is 376 g/mol. The Morgan fingerprint density at radius 3 is 2.31 bits per heavy atom. The molecule has 0 fully saturated rings. The molecule has 0 saturated heterocycles. The van der Waals surface area contributed by atoms with Crippen LogP contribution in [0.3, 0.4) is 0 Å². The highest BCUT2D eigenvalue weighted by Gasteiger charge is 2.24. The second kappa shape index (κ2) is 6.90. The number of ether oxygens (including phenoxy) is 1. The fraction of sp³-hybridized carbons (Fsp3) is 0.294. The molecule has 26 heavy (non-hydrogen) atoms. The minimum atomic E-state index is -3.74. The average Bonchev–Trinajstić information content (AvgIpc) is 2.60. The maximum Gasteiger partial charge on any atom is 0.261 e. The van der Waals surface area contributed by atoms with Crippen LogP contribution in [0.15, 0.2) is 47.4 Å². The van der Waals surface area contributed by atoms with E-state index in [1.807, 2.05) is 6.07 Å². The zero-order chi connectivity index (χ0) is 18.9. The van der Waals surface area contributed by atoms with E-state index in [9.17, 15) is 16.8 Å². The summed E-state index contributed by atoms with van der Waals surface area (Å²) >= 11 is 0. The zero-order valence-electron chi connectivity index (χ0n) is 14.5. The lowest BCUT2D eigenvalue weighted by Gasteiger charge is -2.27. The SMILES string of the molecule is COc1ccc(S(=O)(=O)Nc2ccc3c(c2)CN(S(C)(=O)=O)CC3)cc1. The molecule has 9 heteroatoms. The predicted octanol–water partition coefficient (Wildman–Crippen LogP) is 1.81. The van der Waals surface area contributed by atoms with Gasteiger partial charge in [0.15, 0.2) is 0 Å². The second-order valence-electron chi connectivity index (χ2n) is 6.11. The molecule has 0 atom stereocenters. The van der Waals surface area contributed by atoms with Crippen molar-refractivity contribution in [2.75, 3.05) is 24.6 Å². The monoisotopic (exact) mass is 396 g/mol. The molecule has 0 amide bonds. The first-order chi connectivity index (χ1) is 12.2. The third kappa shape index (κ3) is 4.00. The van der Waals surface area contributed by atoms with Crippen LogP contribution in [0, 0.1) is 0 Å². The highest BCUT2D eigenvalue weighted by molar-refractivity contribution is 7.92. The van der Waals surface area contributed by atoms with Crippen molar-refractivity contribution >= 4 is 25.7 Å². The van der Waals surface area contributed by atoms with Crippen molar-refractivity contribution in [1.29, 1.82) is 0 Å². The lowest BCUT2D eigenvalue weighted by molar-refractivity contribution is 0.395. The van der Waals surface area contributed by atoms with Gasteiger partial charge in [0.2, 0.25) is 10.0 Å². The third-order valence-corrected chi connectivity index (χ3v) is 6.92. The molecule has 140 valence electrons. The molecule has 1 N–H and O–H groups in total. The van der Waals surface area contributed by atoms with Crippen molar-refractivity contribution in [3.63, 3.8) is 0 Å². The van der Waals surface area contributed by atoms with Crippen LogP contribution in [-0.2, 0) is 33.0 Å². The smallest absolute Gasteiger partial charge is 0.261 e. The Morgan fingerprint density at radius 2 is 1.69 bits per heavy atom. The van der Waals surface area contributed by atoms with Gasteiger partial charge in [-0.3, -0.25) is 4.72 Å². The summed E-state index contributed by atoms with van der Waals surface area (Å²) < 4.78 is 57.5. The molecule has 0 aromatic heterocycles. The van der Waals surface area contributed by atoms with Gasteiger partial charge in [-0.2, -0.15) is 4.31 Å². The zero-order valence-corrected chi connectivity index (χ0v) is 16.1. The third-order valence-electron chi connectivity index (χ3n) is 4.27. The van der Waals surface area contributed by atoms with Crippen molar-refractivity contribution in [2.24, 2.45) is 0 Å². The Hall–Kier alpha value is -2.10. The summed E-state index contributed by atoms with van der Waals surface area (Å²) in [6.07, 6.45) is 1.78. The van der Waals surface area contributed by atoms with E-state index in [2.05, 4.69) is 4.72 Å². The molecule has 0 aliphatic carbocycles. The molecule has 0 spiro atoms. The van der Waals surface area contributed by atoms with Gasteiger partial charge in [-0.1, -0.05) is 6.07 Å². The van der Waals surface area contributed by atoms with Crippen molar-refractivity contribution in [2.45, 2.75) is 17.9 Å². The van der Waals surface area contributed by atoms with Gasteiger partial charge < -0.3 is 4.74 Å². The van der Waals surface area contributed by atoms with E-state index >= 15 is 0 Å². The second-order valence-corrected chi connectivity index (χ2v) is 9.78. The van der Waals surface area contributed by atoms with Crippen LogP contribution in [0.25, 0.3) is 0 Å². The van der Waals surface area contributed by atoms with Gasteiger partial charge in [0.1, 0.15) is 5.75 Å². The fourth-order valence-electron chi connectivity index (χ4n) is 2.85. The first-order valence-corrected chi connectivity index (χ1v) is 11.3. The summed E-state index contributed by atoms with van der Waals surface area (Å²) in [6, 6.07) is 11.3. The quantitative estimate of drug-likeness (QED) is 0.832. The number of hydrogen-bond acceptors (Lipinski definition) is 5. The first kappa shape index (κ1) is 18.7. The number of fused-ring (bicyclic) bond motifs is 1. The number of sulfonamides is 2. The Morgan fingerprint density at radius 1 is 1.00 bits per heavy atom. The summed E-state index contributed by atoms with van der Waals surface area (Å²) in [4.78, 5) is 0.119. The predicted molar refractivity (Wildman–Crippen MR) is 99.2 cm³/mol. The van der Waals surface area contributed by atoms with Crippen LogP contribution < -0.4 is 9.46 Å². The molecular formula is C17H20N2O5S2. The van der Waals surface area contributed by atoms with Gasteiger partial charge in [0.05, 0.1) is 18.3 Å². The minimum Gasteiger partial charge on any atom is -0.497 e. The van der Waals surface area contributed by atoms with Crippen LogP contribution in [0.1, 0.15) is 11.1 Å². The highest BCUT2D eigenvalue weighted by Crippen LogP contribution is 2.26. The van der Waals surface area contributed by atoms with Gasteiger partial charge >= 0.3 is 0 Å². The molecule has 0 unspecified atom stereocenters. The lowest BCUT2D eigenvalue weighted by atomic mass is 10.0. The van der Waals surface area contributed by atoms with E-state index in [-0.39, 0.29) is 11.4 Å². The van der Waals surface area contributed by atoms with Gasteiger partial charge in [-0.05, 0) is 53.9 Å².